The predicted octanol–water partition coefficient (Wildman–Crippen LogP) is 5.25. The lowest BCUT2D eigenvalue weighted by Crippen LogP contribution is -2.41. The molecule has 4 aromatic rings. The molecule has 1 aromatic heterocycles. The van der Waals surface area contributed by atoms with Crippen molar-refractivity contribution < 1.29 is 9.36 Å². The number of nitrogens with zero attached hydrogens (tertiary/aromatic N) is 2. The van der Waals surface area contributed by atoms with Gasteiger partial charge in [0.25, 0.3) is 5.91 Å². The second-order valence-corrected chi connectivity index (χ2v) is 8.76. The third kappa shape index (κ3) is 3.65. The third-order valence-corrected chi connectivity index (χ3v) is 6.94. The molecule has 1 aliphatic heterocycles. The van der Waals surface area contributed by atoms with Crippen molar-refractivity contribution in [2.45, 2.75) is 18.4 Å². The van der Waals surface area contributed by atoms with E-state index in [4.69, 9.17) is 5.73 Å². The quantitative estimate of drug-likeness (QED) is 0.433. The second kappa shape index (κ2) is 8.52. The first-order chi connectivity index (χ1) is 15.7. The van der Waals surface area contributed by atoms with Crippen LogP contribution < -0.4 is 15.2 Å². The molecule has 1 aliphatic rings. The highest BCUT2D eigenvalue weighted by Gasteiger charge is 2.25. The number of carbonyl (C=O) groups is 1. The largest absolute Gasteiger partial charge is 0.364 e. The van der Waals surface area contributed by atoms with Crippen LogP contribution >= 0.6 is 11.8 Å². The van der Waals surface area contributed by atoms with Crippen molar-refractivity contribution in [1.82, 2.24) is 0 Å². The lowest BCUT2D eigenvalue weighted by molar-refractivity contribution is -0.658. The van der Waals surface area contributed by atoms with Crippen molar-refractivity contribution in [3.8, 4) is 0 Å². The van der Waals surface area contributed by atoms with Gasteiger partial charge in [0.15, 0.2) is 6.20 Å². The molecule has 5 rings (SSSR count). The summed E-state index contributed by atoms with van der Waals surface area (Å²) in [6.45, 7) is 3.27. The van der Waals surface area contributed by atoms with Gasteiger partial charge in [0.05, 0.1) is 16.1 Å². The molecule has 2 heterocycles. The molecule has 0 spiro atoms. The molecule has 0 atom stereocenters. The molecule has 0 saturated carbocycles. The summed E-state index contributed by atoms with van der Waals surface area (Å²) in [5.41, 5.74) is 8.78. The zero-order chi connectivity index (χ0) is 22.1. The topological polar surface area (TPSA) is 50.2 Å². The molecule has 1 amide bonds. The van der Waals surface area contributed by atoms with E-state index in [0.717, 1.165) is 23.0 Å². The summed E-state index contributed by atoms with van der Waals surface area (Å²) >= 11 is 1.83. The standard InChI is InChI=1S/C27H23N3OS/c1-2-30-24-15-14-19-8-3-4-11-22(19)27(24)32-26(30)13-7-9-20-16-17-29(18-25(28)31)23-12-6-5-10-21(20)23/h3-17H,2,18H2,1H3,(H-,28,31)/p+1. The summed E-state index contributed by atoms with van der Waals surface area (Å²) < 4.78 is 1.89. The Kier molecular flexibility index (Phi) is 5.41. The predicted molar refractivity (Wildman–Crippen MR) is 133 cm³/mol. The summed E-state index contributed by atoms with van der Waals surface area (Å²) in [6.07, 6.45) is 8.34. The first kappa shape index (κ1) is 20.3. The first-order valence-corrected chi connectivity index (χ1v) is 11.5. The normalized spacial score (nSPS) is 14.7. The van der Waals surface area contributed by atoms with Crippen molar-refractivity contribution in [1.29, 1.82) is 0 Å². The van der Waals surface area contributed by atoms with Gasteiger partial charge in [-0.25, -0.2) is 0 Å². The number of nitrogens with two attached hydrogens (primary N) is 1. The van der Waals surface area contributed by atoms with Crippen LogP contribution in [0.15, 0.2) is 95.0 Å². The maximum atomic E-state index is 11.4. The highest BCUT2D eigenvalue weighted by atomic mass is 32.2. The Labute approximate surface area is 191 Å². The van der Waals surface area contributed by atoms with E-state index in [1.807, 2.05) is 46.8 Å². The molecule has 0 radical (unpaired) electrons. The van der Waals surface area contributed by atoms with Gasteiger partial charge in [-0.2, -0.15) is 4.57 Å². The van der Waals surface area contributed by atoms with Crippen LogP contribution in [0.3, 0.4) is 0 Å². The summed E-state index contributed by atoms with van der Waals surface area (Å²) in [5.74, 6) is -0.349. The average Bonchev–Trinajstić information content (AvgIpc) is 3.18. The number of benzene rings is 3. The minimum Gasteiger partial charge on any atom is -0.364 e. The molecule has 2 N–H and O–H groups in total. The van der Waals surface area contributed by atoms with Crippen LogP contribution in [0.4, 0.5) is 5.69 Å². The number of amides is 1. The van der Waals surface area contributed by atoms with Gasteiger partial charge in [0.1, 0.15) is 0 Å². The lowest BCUT2D eigenvalue weighted by Gasteiger charge is -2.17. The minimum absolute atomic E-state index is 0.170. The van der Waals surface area contributed by atoms with Gasteiger partial charge < -0.3 is 10.6 Å². The number of para-hydroxylation sites is 1. The highest BCUT2D eigenvalue weighted by Crippen LogP contribution is 2.49. The Hall–Kier alpha value is -3.57. The number of anilines is 1. The van der Waals surface area contributed by atoms with E-state index in [1.54, 1.807) is 0 Å². The van der Waals surface area contributed by atoms with Gasteiger partial charge in [0.2, 0.25) is 12.1 Å². The van der Waals surface area contributed by atoms with Gasteiger partial charge in [-0.1, -0.05) is 66.4 Å². The second-order valence-electron chi connectivity index (χ2n) is 7.73. The summed E-state index contributed by atoms with van der Waals surface area (Å²) in [4.78, 5) is 15.1. The number of pyridine rings is 1. The summed E-state index contributed by atoms with van der Waals surface area (Å²) in [5, 5.41) is 4.88. The summed E-state index contributed by atoms with van der Waals surface area (Å²) in [7, 11) is 0. The van der Waals surface area contributed by atoms with Crippen LogP contribution in [0, 0.1) is 0 Å². The SMILES string of the molecule is CCN1C(=CC=Cc2cc[n+](CC(N)=O)c3ccccc23)Sc2c1ccc1ccccc21. The van der Waals surface area contributed by atoms with E-state index in [-0.39, 0.29) is 12.5 Å². The van der Waals surface area contributed by atoms with E-state index >= 15 is 0 Å². The zero-order valence-corrected chi connectivity index (χ0v) is 18.7. The van der Waals surface area contributed by atoms with Gasteiger partial charge in [-0.3, -0.25) is 4.79 Å². The van der Waals surface area contributed by atoms with Gasteiger partial charge in [-0.05, 0) is 41.5 Å². The maximum Gasteiger partial charge on any atom is 0.283 e. The smallest absolute Gasteiger partial charge is 0.283 e. The molecule has 158 valence electrons. The van der Waals surface area contributed by atoms with E-state index in [0.29, 0.717) is 0 Å². The van der Waals surface area contributed by atoms with Crippen LogP contribution in [0.2, 0.25) is 0 Å². The van der Waals surface area contributed by atoms with Crippen LogP contribution in [0.1, 0.15) is 12.5 Å². The number of allylic oxidation sites excluding steroid dienone is 2. The fourth-order valence-corrected chi connectivity index (χ4v) is 5.55. The van der Waals surface area contributed by atoms with Gasteiger partial charge in [-0.15, -0.1) is 0 Å². The molecule has 4 nitrogen and oxygen atoms in total. The van der Waals surface area contributed by atoms with Crippen molar-refractivity contribution in [3.63, 3.8) is 0 Å². The Bertz CT molecular complexity index is 1410. The molecule has 5 heteroatoms. The first-order valence-electron chi connectivity index (χ1n) is 10.7. The van der Waals surface area contributed by atoms with Crippen molar-refractivity contribution in [2.75, 3.05) is 11.4 Å². The Morgan fingerprint density at radius 1 is 1.03 bits per heavy atom. The van der Waals surface area contributed by atoms with Crippen LogP contribution in [-0.2, 0) is 11.3 Å². The molecular formula is C27H24N3OS+. The van der Waals surface area contributed by atoms with Crippen molar-refractivity contribution >= 4 is 51.1 Å². The van der Waals surface area contributed by atoms with Crippen LogP contribution in [0.25, 0.3) is 27.8 Å². The fraction of sp³-hybridized carbons (Fsp3) is 0.111. The van der Waals surface area contributed by atoms with Gasteiger partial charge in [0, 0.05) is 23.6 Å². The van der Waals surface area contributed by atoms with Crippen molar-refractivity contribution in [3.05, 3.63) is 95.7 Å². The molecule has 0 bridgehead atoms. The lowest BCUT2D eigenvalue weighted by atomic mass is 10.1. The Morgan fingerprint density at radius 3 is 2.62 bits per heavy atom. The van der Waals surface area contributed by atoms with E-state index < -0.39 is 0 Å². The zero-order valence-electron chi connectivity index (χ0n) is 17.9. The number of fused-ring (bicyclic) bond motifs is 4. The van der Waals surface area contributed by atoms with Crippen molar-refractivity contribution in [2.24, 2.45) is 5.73 Å². The number of hydrogen-bond donors (Lipinski definition) is 1. The molecule has 0 unspecified atom stereocenters. The minimum atomic E-state index is -0.349. The number of thioether (sulfide) groups is 1. The monoisotopic (exact) mass is 438 g/mol. The molecule has 0 fully saturated rings. The Morgan fingerprint density at radius 2 is 1.81 bits per heavy atom. The number of hydrogen-bond acceptors (Lipinski definition) is 3. The molecule has 0 aliphatic carbocycles. The van der Waals surface area contributed by atoms with Crippen LogP contribution in [-0.4, -0.2) is 12.5 Å². The third-order valence-electron chi connectivity index (χ3n) is 5.74. The molecule has 3 aromatic carbocycles. The van der Waals surface area contributed by atoms with E-state index in [9.17, 15) is 4.79 Å². The summed E-state index contributed by atoms with van der Waals surface area (Å²) in [6, 6.07) is 23.1. The Balaban J connectivity index is 1.49. The molecular weight excluding hydrogens is 414 g/mol. The molecule has 32 heavy (non-hydrogen) atoms. The number of primary amides is 1. The number of aromatic nitrogens is 1. The van der Waals surface area contributed by atoms with Gasteiger partial charge >= 0.3 is 0 Å². The van der Waals surface area contributed by atoms with E-state index in [2.05, 4.69) is 72.5 Å². The number of rotatable bonds is 5. The maximum absolute atomic E-state index is 11.4. The van der Waals surface area contributed by atoms with E-state index in [1.165, 1.54) is 26.4 Å². The molecule has 0 saturated heterocycles. The average molecular weight is 439 g/mol. The number of carbonyl (C=O) groups excluding carboxylic acids is 1. The fourth-order valence-electron chi connectivity index (χ4n) is 4.27. The highest BCUT2D eigenvalue weighted by molar-refractivity contribution is 8.04. The van der Waals surface area contributed by atoms with Crippen LogP contribution in [0.5, 0.6) is 0 Å².